The van der Waals surface area contributed by atoms with Crippen LogP contribution in [0.25, 0.3) is 5.69 Å². The second-order valence-corrected chi connectivity index (χ2v) is 6.05. The van der Waals surface area contributed by atoms with Crippen LogP contribution in [0.15, 0.2) is 36.7 Å². The number of hydrogen-bond donors (Lipinski definition) is 0. The number of carbonyl (C=O) groups excluding carboxylic acids is 1. The fraction of sp³-hybridized carbons (Fsp3) is 0.444. The summed E-state index contributed by atoms with van der Waals surface area (Å²) in [5, 5.41) is 0. The van der Waals surface area contributed by atoms with Crippen molar-refractivity contribution in [2.75, 3.05) is 31.1 Å². The predicted octanol–water partition coefficient (Wildman–Crippen LogP) is 2.63. The number of anilines is 1. The zero-order chi connectivity index (χ0) is 16.2. The molecule has 5 heteroatoms. The lowest BCUT2D eigenvalue weighted by Crippen LogP contribution is -2.49. The van der Waals surface area contributed by atoms with E-state index in [0.29, 0.717) is 6.42 Å². The highest BCUT2D eigenvalue weighted by Crippen LogP contribution is 2.20. The Kier molecular flexibility index (Phi) is 4.65. The highest BCUT2D eigenvalue weighted by molar-refractivity contribution is 5.76. The Labute approximate surface area is 137 Å². The monoisotopic (exact) mass is 312 g/mol. The lowest BCUT2D eigenvalue weighted by molar-refractivity contribution is -0.131. The molecule has 0 bridgehead atoms. The predicted molar refractivity (Wildman–Crippen MR) is 92.0 cm³/mol. The summed E-state index contributed by atoms with van der Waals surface area (Å²) in [6, 6.07) is 8.45. The van der Waals surface area contributed by atoms with Gasteiger partial charge in [-0.2, -0.15) is 0 Å². The lowest BCUT2D eigenvalue weighted by Gasteiger charge is -2.35. The van der Waals surface area contributed by atoms with Gasteiger partial charge in [0.25, 0.3) is 0 Å². The van der Waals surface area contributed by atoms with E-state index in [-0.39, 0.29) is 5.91 Å². The number of aryl methyl sites for hydroxylation is 1. The molecule has 1 aliphatic rings. The van der Waals surface area contributed by atoms with Crippen molar-refractivity contribution >= 4 is 11.9 Å². The molecule has 1 fully saturated rings. The zero-order valence-corrected chi connectivity index (χ0v) is 13.9. The van der Waals surface area contributed by atoms with Crippen molar-refractivity contribution in [3.05, 3.63) is 42.2 Å². The molecule has 0 spiro atoms. The maximum Gasteiger partial charge on any atom is 0.222 e. The summed E-state index contributed by atoms with van der Waals surface area (Å²) in [4.78, 5) is 20.8. The van der Waals surface area contributed by atoms with Crippen molar-refractivity contribution < 1.29 is 4.79 Å². The minimum atomic E-state index is 0.272. The molecule has 0 N–H and O–H groups in total. The average molecular weight is 312 g/mol. The first-order chi connectivity index (χ1) is 11.2. The van der Waals surface area contributed by atoms with Crippen LogP contribution in [-0.2, 0) is 4.79 Å². The van der Waals surface area contributed by atoms with E-state index in [2.05, 4.69) is 45.6 Å². The fourth-order valence-corrected chi connectivity index (χ4v) is 2.96. The molecule has 0 atom stereocenters. The first-order valence-electron chi connectivity index (χ1n) is 8.32. The van der Waals surface area contributed by atoms with Crippen LogP contribution in [0, 0.1) is 6.92 Å². The molecule has 0 aliphatic carbocycles. The van der Waals surface area contributed by atoms with Crippen molar-refractivity contribution in [1.82, 2.24) is 14.5 Å². The highest BCUT2D eigenvalue weighted by Gasteiger charge is 2.23. The molecule has 1 saturated heterocycles. The topological polar surface area (TPSA) is 41.4 Å². The van der Waals surface area contributed by atoms with Gasteiger partial charge >= 0.3 is 0 Å². The van der Waals surface area contributed by atoms with Gasteiger partial charge in [-0.05, 0) is 25.5 Å². The summed E-state index contributed by atoms with van der Waals surface area (Å²) in [5.74, 6) is 1.23. The Balaban J connectivity index is 1.71. The Morgan fingerprint density at radius 2 is 1.83 bits per heavy atom. The quantitative estimate of drug-likeness (QED) is 0.871. The number of amides is 1. The summed E-state index contributed by atoms with van der Waals surface area (Å²) in [5.41, 5.74) is 2.37. The summed E-state index contributed by atoms with van der Waals surface area (Å²) in [6.07, 6.45) is 5.40. The molecule has 0 radical (unpaired) electrons. The maximum atomic E-state index is 12.0. The van der Waals surface area contributed by atoms with E-state index >= 15 is 0 Å². The molecule has 5 nitrogen and oxygen atoms in total. The van der Waals surface area contributed by atoms with Gasteiger partial charge in [0, 0.05) is 50.7 Å². The summed E-state index contributed by atoms with van der Waals surface area (Å²) >= 11 is 0. The highest BCUT2D eigenvalue weighted by atomic mass is 16.2. The van der Waals surface area contributed by atoms with Crippen molar-refractivity contribution in [2.45, 2.75) is 26.7 Å². The fourth-order valence-electron chi connectivity index (χ4n) is 2.96. The summed E-state index contributed by atoms with van der Waals surface area (Å²) in [6.45, 7) is 7.35. The minimum Gasteiger partial charge on any atom is -0.339 e. The van der Waals surface area contributed by atoms with Gasteiger partial charge in [0.2, 0.25) is 11.9 Å². The normalized spacial score (nSPS) is 15.0. The van der Waals surface area contributed by atoms with Gasteiger partial charge in [0.15, 0.2) is 0 Å². The summed E-state index contributed by atoms with van der Waals surface area (Å²) in [7, 11) is 0. The Bertz CT molecular complexity index is 654. The maximum absolute atomic E-state index is 12.0. The standard InChI is InChI=1S/C18H24N4O/c1-3-4-17(23)20-11-13-21(14-12-20)18-19-9-10-22(18)16-7-5-15(2)6-8-16/h5-10H,3-4,11-14H2,1-2H3. The molecule has 122 valence electrons. The second-order valence-electron chi connectivity index (χ2n) is 6.05. The molecule has 3 rings (SSSR count). The molecule has 23 heavy (non-hydrogen) atoms. The van der Waals surface area contributed by atoms with Crippen molar-refractivity contribution in [3.8, 4) is 5.69 Å². The van der Waals surface area contributed by atoms with Gasteiger partial charge in [-0.25, -0.2) is 4.98 Å². The molecule has 1 amide bonds. The Hall–Kier alpha value is -2.30. The first kappa shape index (κ1) is 15.6. The van der Waals surface area contributed by atoms with Crippen LogP contribution in [0.2, 0.25) is 0 Å². The van der Waals surface area contributed by atoms with Crippen molar-refractivity contribution in [3.63, 3.8) is 0 Å². The third-order valence-electron chi connectivity index (χ3n) is 4.31. The zero-order valence-electron chi connectivity index (χ0n) is 13.9. The lowest BCUT2D eigenvalue weighted by atomic mass is 10.2. The molecular weight excluding hydrogens is 288 g/mol. The van der Waals surface area contributed by atoms with Crippen LogP contribution >= 0.6 is 0 Å². The van der Waals surface area contributed by atoms with E-state index < -0.39 is 0 Å². The van der Waals surface area contributed by atoms with E-state index in [1.807, 2.05) is 24.2 Å². The molecule has 2 heterocycles. The van der Waals surface area contributed by atoms with Crippen LogP contribution < -0.4 is 4.90 Å². The van der Waals surface area contributed by atoms with E-state index in [0.717, 1.165) is 44.2 Å². The number of imidazole rings is 1. The van der Waals surface area contributed by atoms with Gasteiger partial charge in [-0.15, -0.1) is 0 Å². The molecule has 1 aromatic heterocycles. The van der Waals surface area contributed by atoms with E-state index in [4.69, 9.17) is 0 Å². The smallest absolute Gasteiger partial charge is 0.222 e. The van der Waals surface area contributed by atoms with Crippen molar-refractivity contribution in [1.29, 1.82) is 0 Å². The molecule has 0 saturated carbocycles. The van der Waals surface area contributed by atoms with Crippen LogP contribution in [0.5, 0.6) is 0 Å². The molecule has 1 aliphatic heterocycles. The number of benzene rings is 1. The van der Waals surface area contributed by atoms with E-state index in [1.165, 1.54) is 5.56 Å². The third-order valence-corrected chi connectivity index (χ3v) is 4.31. The van der Waals surface area contributed by atoms with Crippen LogP contribution in [0.3, 0.4) is 0 Å². The molecule has 1 aromatic carbocycles. The summed E-state index contributed by atoms with van der Waals surface area (Å²) < 4.78 is 2.11. The van der Waals surface area contributed by atoms with Gasteiger partial charge in [0.1, 0.15) is 0 Å². The average Bonchev–Trinajstić information content (AvgIpc) is 3.05. The SMILES string of the molecule is CCCC(=O)N1CCN(c2nccn2-c2ccc(C)cc2)CC1. The number of hydrogen-bond acceptors (Lipinski definition) is 3. The van der Waals surface area contributed by atoms with Gasteiger partial charge < -0.3 is 9.80 Å². The van der Waals surface area contributed by atoms with Gasteiger partial charge in [-0.1, -0.05) is 24.6 Å². The number of carbonyl (C=O) groups is 1. The number of piperazine rings is 1. The molecule has 2 aromatic rings. The first-order valence-corrected chi connectivity index (χ1v) is 8.32. The Morgan fingerprint density at radius 3 is 2.48 bits per heavy atom. The number of rotatable bonds is 4. The van der Waals surface area contributed by atoms with Gasteiger partial charge in [0.05, 0.1) is 0 Å². The molecular formula is C18H24N4O. The third kappa shape index (κ3) is 3.38. The van der Waals surface area contributed by atoms with Crippen LogP contribution in [0.1, 0.15) is 25.3 Å². The minimum absolute atomic E-state index is 0.272. The second kappa shape index (κ2) is 6.86. The number of nitrogens with zero attached hydrogens (tertiary/aromatic N) is 4. The Morgan fingerprint density at radius 1 is 1.13 bits per heavy atom. The van der Waals surface area contributed by atoms with Gasteiger partial charge in [-0.3, -0.25) is 9.36 Å². The van der Waals surface area contributed by atoms with E-state index in [1.54, 1.807) is 0 Å². The van der Waals surface area contributed by atoms with Crippen LogP contribution in [-0.4, -0.2) is 46.5 Å². The molecule has 0 unspecified atom stereocenters. The van der Waals surface area contributed by atoms with Crippen molar-refractivity contribution in [2.24, 2.45) is 0 Å². The van der Waals surface area contributed by atoms with Crippen LogP contribution in [0.4, 0.5) is 5.95 Å². The number of aromatic nitrogens is 2. The van der Waals surface area contributed by atoms with E-state index in [9.17, 15) is 4.79 Å². The largest absolute Gasteiger partial charge is 0.339 e.